The smallest absolute Gasteiger partial charge is 0.264 e. The van der Waals surface area contributed by atoms with Gasteiger partial charge in [-0.05, 0) is 99.8 Å². The van der Waals surface area contributed by atoms with E-state index in [4.69, 9.17) is 41.8 Å². The third-order valence-corrected chi connectivity index (χ3v) is 10.1. The molecule has 0 aromatic heterocycles. The second kappa shape index (κ2) is 18.5. The average Bonchev–Trinajstić information content (AvgIpc) is 3.53. The lowest BCUT2D eigenvalue weighted by atomic mass is 10.1. The molecule has 1 atom stereocenters. The maximum absolute atomic E-state index is 11.2. The fraction of sp³-hybridized carbons (Fsp3) is 0.515. The first-order chi connectivity index (χ1) is 22.7. The minimum atomic E-state index is -4.05. The van der Waals surface area contributed by atoms with Crippen molar-refractivity contribution in [1.29, 1.82) is 0 Å². The van der Waals surface area contributed by atoms with Crippen LogP contribution < -0.4 is 19.3 Å². The van der Waals surface area contributed by atoms with Gasteiger partial charge in [-0.15, -0.1) is 0 Å². The summed E-state index contributed by atoms with van der Waals surface area (Å²) in [6, 6.07) is 10.6. The number of anilines is 2. The minimum absolute atomic E-state index is 0.276. The third kappa shape index (κ3) is 12.4. The summed E-state index contributed by atoms with van der Waals surface area (Å²) in [5, 5.41) is 1.07. The zero-order valence-electron chi connectivity index (χ0n) is 27.9. The van der Waals surface area contributed by atoms with E-state index in [1.165, 1.54) is 19.6 Å². The third-order valence-electron chi connectivity index (χ3n) is 7.98. The van der Waals surface area contributed by atoms with E-state index < -0.39 is 26.5 Å². The van der Waals surface area contributed by atoms with Gasteiger partial charge in [-0.25, -0.2) is 0 Å². The van der Waals surface area contributed by atoms with E-state index in [0.29, 0.717) is 59.8 Å². The second-order valence-electron chi connectivity index (χ2n) is 11.4. The highest BCUT2D eigenvalue weighted by Gasteiger charge is 2.31. The number of halogens is 2. The Hall–Kier alpha value is -2.52. The summed E-state index contributed by atoms with van der Waals surface area (Å²) in [6.45, 7) is 13.0. The molecule has 2 N–H and O–H groups in total. The van der Waals surface area contributed by atoms with Crippen molar-refractivity contribution in [3.8, 4) is 11.5 Å². The van der Waals surface area contributed by atoms with E-state index in [9.17, 15) is 16.8 Å². The van der Waals surface area contributed by atoms with Crippen molar-refractivity contribution >= 4 is 54.8 Å². The van der Waals surface area contributed by atoms with Gasteiger partial charge < -0.3 is 24.2 Å². The van der Waals surface area contributed by atoms with Crippen LogP contribution in [-0.2, 0) is 20.2 Å². The number of nitrogens with zero attached hydrogens (tertiary/aromatic N) is 3. The first-order valence-corrected chi connectivity index (χ1v) is 20.2. The summed E-state index contributed by atoms with van der Waals surface area (Å²) in [5.74, 6) is 1.16. The van der Waals surface area contributed by atoms with Crippen molar-refractivity contribution < 1.29 is 35.4 Å². The number of ether oxygens (including phenoxy) is 2. The molecule has 0 fully saturated rings. The average molecular weight is 749 g/mol. The SMILES string of the molecule is CCC(=C/C1Oc2ccc(Cl)cc2N1CCCCS(=O)(=O)O)/C=C1/Oc2ccc(Cl)cc2N1CCCCS(=O)(=O)O.CCN(CC)CC. The van der Waals surface area contributed by atoms with Crippen LogP contribution in [0.4, 0.5) is 11.4 Å². The molecule has 4 rings (SSSR count). The van der Waals surface area contributed by atoms with E-state index in [1.54, 1.807) is 36.4 Å². The van der Waals surface area contributed by atoms with Gasteiger partial charge in [0.1, 0.15) is 5.75 Å². The Kier molecular flexibility index (Phi) is 15.4. The van der Waals surface area contributed by atoms with Crippen LogP contribution in [0.5, 0.6) is 11.5 Å². The van der Waals surface area contributed by atoms with Crippen molar-refractivity contribution in [2.45, 2.75) is 66.0 Å². The van der Waals surface area contributed by atoms with Crippen LogP contribution in [0.3, 0.4) is 0 Å². The second-order valence-corrected chi connectivity index (χ2v) is 15.4. The summed E-state index contributed by atoms with van der Waals surface area (Å²) in [4.78, 5) is 6.29. The van der Waals surface area contributed by atoms with Crippen molar-refractivity contribution in [3.05, 3.63) is 70.1 Å². The number of hydrogen-bond acceptors (Lipinski definition) is 9. The Bertz CT molecular complexity index is 1640. The molecular weight excluding hydrogens is 701 g/mol. The summed E-state index contributed by atoms with van der Waals surface area (Å²) in [5.41, 5.74) is 2.44. The van der Waals surface area contributed by atoms with E-state index in [-0.39, 0.29) is 24.3 Å². The van der Waals surface area contributed by atoms with Crippen LogP contribution >= 0.6 is 23.2 Å². The Balaban J connectivity index is 0.000000804. The van der Waals surface area contributed by atoms with E-state index in [0.717, 1.165) is 16.9 Å². The molecule has 2 heterocycles. The van der Waals surface area contributed by atoms with Crippen LogP contribution in [0.1, 0.15) is 59.8 Å². The molecular formula is C33H47Cl2N3O8S2. The van der Waals surface area contributed by atoms with Gasteiger partial charge in [-0.3, -0.25) is 9.11 Å². The van der Waals surface area contributed by atoms with Crippen molar-refractivity contribution in [2.75, 3.05) is 54.0 Å². The fourth-order valence-corrected chi connectivity index (χ4v) is 6.80. The zero-order chi connectivity index (χ0) is 35.5. The van der Waals surface area contributed by atoms with Crippen LogP contribution in [0.2, 0.25) is 10.0 Å². The number of benzene rings is 2. The number of fused-ring (bicyclic) bond motifs is 2. The van der Waals surface area contributed by atoms with Crippen molar-refractivity contribution in [1.82, 2.24) is 4.90 Å². The van der Waals surface area contributed by atoms with E-state index >= 15 is 0 Å². The van der Waals surface area contributed by atoms with Crippen molar-refractivity contribution in [3.63, 3.8) is 0 Å². The number of rotatable bonds is 16. The molecule has 2 aliphatic heterocycles. The molecule has 0 saturated heterocycles. The van der Waals surface area contributed by atoms with Crippen LogP contribution in [0.15, 0.2) is 60.0 Å². The quantitative estimate of drug-likeness (QED) is 0.132. The number of hydrogen-bond donors (Lipinski definition) is 2. The van der Waals surface area contributed by atoms with Gasteiger partial charge >= 0.3 is 0 Å². The lowest BCUT2D eigenvalue weighted by molar-refractivity contribution is 0.271. The Morgan fingerprint density at radius 1 is 0.812 bits per heavy atom. The standard InChI is InChI=1S/C27H32Cl2N2O8S2.C6H15N/c1-2-19(15-26-30(11-3-5-13-40(32,33)34)22-17-20(28)7-9-24(22)38-26)16-27-31(12-4-6-14-41(35,36)37)23-18-21(29)8-10-25(23)39-27;1-4-7(5-2)6-3/h7-10,15-18,26H,2-6,11-14H2,1H3,(H,32,33,34)(H,35,36,37);4-6H2,1-3H3/b19-15-,27-16+;. The van der Waals surface area contributed by atoms with Crippen LogP contribution in [0.25, 0.3) is 0 Å². The Morgan fingerprint density at radius 3 is 1.88 bits per heavy atom. The number of allylic oxidation sites excluding steroid dienone is 2. The van der Waals surface area contributed by atoms with Gasteiger partial charge in [-0.2, -0.15) is 16.8 Å². The van der Waals surface area contributed by atoms with Gasteiger partial charge in [0.2, 0.25) is 5.88 Å². The van der Waals surface area contributed by atoms with Gasteiger partial charge in [0.25, 0.3) is 20.2 Å². The maximum atomic E-state index is 11.2. The van der Waals surface area contributed by atoms with Gasteiger partial charge in [0.15, 0.2) is 12.0 Å². The summed E-state index contributed by atoms with van der Waals surface area (Å²) in [6.07, 6.45) is 5.53. The predicted octanol–water partition coefficient (Wildman–Crippen LogP) is 7.28. The maximum Gasteiger partial charge on any atom is 0.264 e. The molecule has 0 bridgehead atoms. The highest BCUT2D eigenvalue weighted by Crippen LogP contribution is 2.42. The molecule has 2 aliphatic rings. The van der Waals surface area contributed by atoms with Gasteiger partial charge in [0.05, 0.1) is 22.9 Å². The predicted molar refractivity (Wildman–Crippen MR) is 194 cm³/mol. The molecule has 268 valence electrons. The Morgan fingerprint density at radius 2 is 1.35 bits per heavy atom. The fourth-order valence-electron chi connectivity index (χ4n) is 5.33. The molecule has 0 saturated carbocycles. The molecule has 11 nitrogen and oxygen atoms in total. The van der Waals surface area contributed by atoms with Crippen LogP contribution in [-0.4, -0.2) is 81.3 Å². The molecule has 0 radical (unpaired) electrons. The summed E-state index contributed by atoms with van der Waals surface area (Å²) in [7, 11) is -8.09. The highest BCUT2D eigenvalue weighted by molar-refractivity contribution is 7.86. The number of unbranched alkanes of at least 4 members (excludes halogenated alkanes) is 2. The van der Waals surface area contributed by atoms with Gasteiger partial charge in [-0.1, -0.05) is 50.9 Å². The molecule has 0 spiro atoms. The van der Waals surface area contributed by atoms with Gasteiger partial charge in [0, 0.05) is 29.2 Å². The molecule has 1 unspecified atom stereocenters. The zero-order valence-corrected chi connectivity index (χ0v) is 31.1. The normalized spacial score (nSPS) is 16.8. The monoisotopic (exact) mass is 747 g/mol. The molecule has 0 amide bonds. The van der Waals surface area contributed by atoms with E-state index in [2.05, 4.69) is 25.7 Å². The first kappa shape index (κ1) is 39.9. The summed E-state index contributed by atoms with van der Waals surface area (Å²) >= 11 is 12.5. The summed E-state index contributed by atoms with van der Waals surface area (Å²) < 4.78 is 75.2. The molecule has 0 aliphatic carbocycles. The lowest BCUT2D eigenvalue weighted by Crippen LogP contribution is -2.34. The topological polar surface area (TPSA) is 137 Å². The van der Waals surface area contributed by atoms with Crippen LogP contribution in [0, 0.1) is 0 Å². The molecule has 15 heteroatoms. The highest BCUT2D eigenvalue weighted by atomic mass is 35.5. The molecule has 48 heavy (non-hydrogen) atoms. The molecule has 2 aromatic carbocycles. The first-order valence-electron chi connectivity index (χ1n) is 16.2. The largest absolute Gasteiger partial charge is 0.465 e. The Labute approximate surface area is 295 Å². The molecule has 2 aromatic rings. The van der Waals surface area contributed by atoms with Crippen molar-refractivity contribution in [2.24, 2.45) is 0 Å². The van der Waals surface area contributed by atoms with E-state index in [1.807, 2.05) is 28.9 Å². The lowest BCUT2D eigenvalue weighted by Gasteiger charge is -2.24. The minimum Gasteiger partial charge on any atom is -0.465 e.